The summed E-state index contributed by atoms with van der Waals surface area (Å²) >= 11 is 0. The summed E-state index contributed by atoms with van der Waals surface area (Å²) in [5, 5.41) is 6.13. The highest BCUT2D eigenvalue weighted by molar-refractivity contribution is 6.05. The second-order valence-electron chi connectivity index (χ2n) is 9.54. The van der Waals surface area contributed by atoms with E-state index < -0.39 is 17.6 Å². The molecular weight excluding hydrogens is 509 g/mol. The zero-order chi connectivity index (χ0) is 27.7. The minimum Gasteiger partial charge on any atom is -0.378 e. The molecule has 12 heteroatoms. The van der Waals surface area contributed by atoms with Crippen LogP contribution in [0.3, 0.4) is 0 Å². The van der Waals surface area contributed by atoms with Gasteiger partial charge in [-0.25, -0.2) is 15.0 Å². The Balaban J connectivity index is 1.49. The van der Waals surface area contributed by atoms with Gasteiger partial charge >= 0.3 is 6.18 Å². The zero-order valence-corrected chi connectivity index (χ0v) is 21.5. The normalized spacial score (nSPS) is 13.2. The van der Waals surface area contributed by atoms with Gasteiger partial charge in [0.05, 0.1) is 11.3 Å². The third kappa shape index (κ3) is 5.95. The standard InChI is InChI=1S/C27H27F3N8O/c1-16-4-7-20(38(26-31-8-9-32-26)24-14-23(33-15-34-24)35-19-5-6-19)13-22(16)36-25(39)17-10-18(27(28,29)30)12-21(11-17)37(2)3/h4,7-15,19H,5-6H2,1-3H3,(H,31,32)(H,36,39)(H,33,34,35). The summed E-state index contributed by atoms with van der Waals surface area (Å²) in [6.07, 6.45) is 2.34. The van der Waals surface area contributed by atoms with Gasteiger partial charge in [-0.3, -0.25) is 9.69 Å². The van der Waals surface area contributed by atoms with Gasteiger partial charge in [0.1, 0.15) is 18.0 Å². The molecule has 39 heavy (non-hydrogen) atoms. The molecule has 1 amide bonds. The number of nitrogens with zero attached hydrogens (tertiary/aromatic N) is 5. The number of hydrogen-bond acceptors (Lipinski definition) is 7. The number of aromatic amines is 1. The lowest BCUT2D eigenvalue weighted by Gasteiger charge is -2.23. The van der Waals surface area contributed by atoms with E-state index in [4.69, 9.17) is 0 Å². The molecule has 0 spiro atoms. The fourth-order valence-corrected chi connectivity index (χ4v) is 3.97. The van der Waals surface area contributed by atoms with Crippen molar-refractivity contribution in [2.45, 2.75) is 32.0 Å². The number of aryl methyl sites for hydroxylation is 1. The summed E-state index contributed by atoms with van der Waals surface area (Å²) in [6, 6.07) is 10.9. The van der Waals surface area contributed by atoms with Gasteiger partial charge in [-0.2, -0.15) is 13.2 Å². The van der Waals surface area contributed by atoms with Gasteiger partial charge in [-0.1, -0.05) is 6.07 Å². The van der Waals surface area contributed by atoms with Gasteiger partial charge < -0.3 is 20.5 Å². The molecule has 1 saturated carbocycles. The van der Waals surface area contributed by atoms with E-state index in [1.165, 1.54) is 17.3 Å². The van der Waals surface area contributed by atoms with Crippen molar-refractivity contribution in [1.29, 1.82) is 0 Å². The molecule has 0 aliphatic heterocycles. The molecule has 3 N–H and O–H groups in total. The average molecular weight is 537 g/mol. The maximum absolute atomic E-state index is 13.5. The number of imidazole rings is 1. The molecule has 0 unspecified atom stereocenters. The molecule has 202 valence electrons. The van der Waals surface area contributed by atoms with Crippen LogP contribution in [0.25, 0.3) is 0 Å². The highest BCUT2D eigenvalue weighted by Crippen LogP contribution is 2.36. The maximum Gasteiger partial charge on any atom is 0.416 e. The summed E-state index contributed by atoms with van der Waals surface area (Å²) < 4.78 is 40.6. The van der Waals surface area contributed by atoms with E-state index >= 15 is 0 Å². The van der Waals surface area contributed by atoms with Gasteiger partial charge in [0.25, 0.3) is 5.91 Å². The van der Waals surface area contributed by atoms with Crippen LogP contribution in [-0.4, -0.2) is 46.0 Å². The second kappa shape index (κ2) is 10.3. The number of aromatic nitrogens is 4. The number of rotatable bonds is 8. The number of nitrogens with one attached hydrogen (secondary N) is 3. The van der Waals surface area contributed by atoms with Gasteiger partial charge in [-0.05, 0) is 55.7 Å². The molecule has 0 radical (unpaired) electrons. The summed E-state index contributed by atoms with van der Waals surface area (Å²) in [6.45, 7) is 1.80. The number of amides is 1. The van der Waals surface area contributed by atoms with E-state index in [-0.39, 0.29) is 11.3 Å². The highest BCUT2D eigenvalue weighted by Gasteiger charge is 2.32. The van der Waals surface area contributed by atoms with E-state index in [2.05, 4.69) is 30.6 Å². The van der Waals surface area contributed by atoms with Crippen molar-refractivity contribution in [1.82, 2.24) is 19.9 Å². The predicted octanol–water partition coefficient (Wildman–Crippen LogP) is 5.89. The number of hydrogen-bond donors (Lipinski definition) is 3. The molecular formula is C27H27F3N8O. The third-order valence-corrected chi connectivity index (χ3v) is 6.26. The Morgan fingerprint density at radius 3 is 2.49 bits per heavy atom. The fraction of sp³-hybridized carbons (Fsp3) is 0.259. The fourth-order valence-electron chi connectivity index (χ4n) is 3.97. The van der Waals surface area contributed by atoms with Crippen LogP contribution in [0, 0.1) is 6.92 Å². The van der Waals surface area contributed by atoms with Crippen LogP contribution in [0.4, 0.5) is 47.8 Å². The maximum atomic E-state index is 13.5. The molecule has 2 aromatic heterocycles. The molecule has 4 aromatic rings. The number of benzene rings is 2. The monoisotopic (exact) mass is 536 g/mol. The Morgan fingerprint density at radius 1 is 1.03 bits per heavy atom. The van der Waals surface area contributed by atoms with Gasteiger partial charge in [-0.15, -0.1) is 0 Å². The molecule has 9 nitrogen and oxygen atoms in total. The first-order chi connectivity index (χ1) is 18.6. The number of halogens is 3. The summed E-state index contributed by atoms with van der Waals surface area (Å²) in [5.41, 5.74) is 1.05. The van der Waals surface area contributed by atoms with Crippen molar-refractivity contribution in [3.63, 3.8) is 0 Å². The number of carbonyl (C=O) groups is 1. The van der Waals surface area contributed by atoms with E-state index in [0.29, 0.717) is 35.0 Å². The summed E-state index contributed by atoms with van der Waals surface area (Å²) in [4.78, 5) is 32.7. The lowest BCUT2D eigenvalue weighted by molar-refractivity contribution is -0.137. The Labute approximate surface area is 223 Å². The van der Waals surface area contributed by atoms with Crippen molar-refractivity contribution in [3.05, 3.63) is 77.9 Å². The van der Waals surface area contributed by atoms with Gasteiger partial charge in [0, 0.05) is 55.5 Å². The Bertz CT molecular complexity index is 1480. The van der Waals surface area contributed by atoms with Crippen molar-refractivity contribution in [3.8, 4) is 0 Å². The van der Waals surface area contributed by atoms with E-state index in [9.17, 15) is 18.0 Å². The zero-order valence-electron chi connectivity index (χ0n) is 21.5. The average Bonchev–Trinajstić information content (AvgIpc) is 3.55. The predicted molar refractivity (Wildman–Crippen MR) is 144 cm³/mol. The number of carbonyl (C=O) groups excluding carboxylic acids is 1. The topological polar surface area (TPSA) is 102 Å². The van der Waals surface area contributed by atoms with Crippen LogP contribution in [-0.2, 0) is 6.18 Å². The lowest BCUT2D eigenvalue weighted by atomic mass is 10.1. The lowest BCUT2D eigenvalue weighted by Crippen LogP contribution is -2.18. The van der Waals surface area contributed by atoms with Crippen LogP contribution < -0.4 is 20.4 Å². The minimum atomic E-state index is -4.59. The first-order valence-electron chi connectivity index (χ1n) is 12.3. The molecule has 2 heterocycles. The van der Waals surface area contributed by atoms with Crippen LogP contribution in [0.2, 0.25) is 0 Å². The quantitative estimate of drug-likeness (QED) is 0.258. The highest BCUT2D eigenvalue weighted by atomic mass is 19.4. The number of anilines is 6. The van der Waals surface area contributed by atoms with Crippen LogP contribution in [0.1, 0.15) is 34.3 Å². The molecule has 1 aliphatic rings. The van der Waals surface area contributed by atoms with Gasteiger partial charge in [0.15, 0.2) is 0 Å². The molecule has 0 saturated heterocycles. The van der Waals surface area contributed by atoms with E-state index in [0.717, 1.165) is 30.5 Å². The minimum absolute atomic E-state index is 0.104. The van der Waals surface area contributed by atoms with Gasteiger partial charge in [0.2, 0.25) is 5.95 Å². The molecule has 1 fully saturated rings. The molecule has 0 bridgehead atoms. The summed E-state index contributed by atoms with van der Waals surface area (Å²) in [7, 11) is 3.24. The molecule has 5 rings (SSSR count). The molecule has 1 aliphatic carbocycles. The molecule has 2 aromatic carbocycles. The summed E-state index contributed by atoms with van der Waals surface area (Å²) in [5.74, 6) is 1.05. The van der Waals surface area contributed by atoms with E-state index in [1.54, 1.807) is 44.4 Å². The smallest absolute Gasteiger partial charge is 0.378 e. The second-order valence-corrected chi connectivity index (χ2v) is 9.54. The van der Waals surface area contributed by atoms with Crippen molar-refractivity contribution in [2.24, 2.45) is 0 Å². The third-order valence-electron chi connectivity index (χ3n) is 6.26. The number of alkyl halides is 3. The Morgan fingerprint density at radius 2 is 1.82 bits per heavy atom. The largest absolute Gasteiger partial charge is 0.416 e. The van der Waals surface area contributed by atoms with Crippen LogP contribution in [0.15, 0.2) is 61.2 Å². The van der Waals surface area contributed by atoms with Crippen molar-refractivity contribution < 1.29 is 18.0 Å². The van der Waals surface area contributed by atoms with Crippen LogP contribution >= 0.6 is 0 Å². The van der Waals surface area contributed by atoms with E-state index in [1.807, 2.05) is 18.2 Å². The Hall–Kier alpha value is -4.61. The molecule has 0 atom stereocenters. The van der Waals surface area contributed by atoms with Crippen molar-refractivity contribution in [2.75, 3.05) is 34.5 Å². The first-order valence-corrected chi connectivity index (χ1v) is 12.3. The first kappa shape index (κ1) is 26.0. The van der Waals surface area contributed by atoms with Crippen LogP contribution in [0.5, 0.6) is 0 Å². The van der Waals surface area contributed by atoms with Crippen molar-refractivity contribution >= 4 is 40.6 Å². The Kier molecular flexibility index (Phi) is 6.85. The SMILES string of the molecule is Cc1ccc(N(c2cc(NC3CC3)ncn2)c2ncc[nH]2)cc1NC(=O)c1cc(N(C)C)cc(C(F)(F)F)c1. The number of H-pyrrole nitrogens is 1.